The Labute approximate surface area is 198 Å². The van der Waals surface area contributed by atoms with Gasteiger partial charge in [-0.2, -0.15) is 0 Å². The fourth-order valence-electron chi connectivity index (χ4n) is 3.91. The third kappa shape index (κ3) is 7.96. The quantitative estimate of drug-likeness (QED) is 0.304. The van der Waals surface area contributed by atoms with E-state index in [1.54, 1.807) is 0 Å². The number of hydrogen-bond donors (Lipinski definition) is 2. The molecule has 170 valence electrons. The van der Waals surface area contributed by atoms with Crippen molar-refractivity contribution in [1.82, 2.24) is 20.4 Å². The molecule has 2 N–H and O–H groups in total. The second-order valence-electron chi connectivity index (χ2n) is 7.67. The summed E-state index contributed by atoms with van der Waals surface area (Å²) in [6.45, 7) is 14.0. The first kappa shape index (κ1) is 25.3. The SMILES string of the molecule is CCNC(=NCC(C)N1CCOCC1)NCC(c1ccccc1)N1CCOCC1.I. The van der Waals surface area contributed by atoms with Gasteiger partial charge in [-0.15, -0.1) is 24.0 Å². The highest BCUT2D eigenvalue weighted by Gasteiger charge is 2.23. The van der Waals surface area contributed by atoms with Gasteiger partial charge in [0.1, 0.15) is 0 Å². The molecule has 0 bridgehead atoms. The molecule has 0 radical (unpaired) electrons. The lowest BCUT2D eigenvalue weighted by atomic mass is 10.0. The first-order valence-corrected chi connectivity index (χ1v) is 11.0. The average Bonchev–Trinajstić information content (AvgIpc) is 2.79. The lowest BCUT2D eigenvalue weighted by molar-refractivity contribution is 0.0169. The second kappa shape index (κ2) is 14.2. The summed E-state index contributed by atoms with van der Waals surface area (Å²) < 4.78 is 11.0. The smallest absolute Gasteiger partial charge is 0.191 e. The normalized spacial score (nSPS) is 20.8. The summed E-state index contributed by atoms with van der Waals surface area (Å²) in [5.41, 5.74) is 1.33. The Bertz CT molecular complexity index is 607. The molecule has 0 saturated carbocycles. The van der Waals surface area contributed by atoms with Crippen LogP contribution in [0, 0.1) is 0 Å². The summed E-state index contributed by atoms with van der Waals surface area (Å²) in [4.78, 5) is 9.83. The number of nitrogens with one attached hydrogen (secondary N) is 2. The van der Waals surface area contributed by atoms with Crippen molar-refractivity contribution in [3.8, 4) is 0 Å². The highest BCUT2D eigenvalue weighted by molar-refractivity contribution is 14.0. The van der Waals surface area contributed by atoms with Gasteiger partial charge in [-0.05, 0) is 19.4 Å². The Kier molecular flexibility index (Phi) is 12.0. The molecule has 2 atom stereocenters. The molecule has 0 aliphatic carbocycles. The van der Waals surface area contributed by atoms with E-state index in [1.807, 2.05) is 0 Å². The van der Waals surface area contributed by atoms with E-state index in [-0.39, 0.29) is 24.0 Å². The van der Waals surface area contributed by atoms with Crippen molar-refractivity contribution in [2.75, 3.05) is 72.2 Å². The summed E-state index contributed by atoms with van der Waals surface area (Å²) in [5, 5.41) is 6.99. The monoisotopic (exact) mass is 531 g/mol. The van der Waals surface area contributed by atoms with E-state index < -0.39 is 0 Å². The predicted octanol–water partition coefficient (Wildman–Crippen LogP) is 1.95. The first-order chi connectivity index (χ1) is 14.3. The van der Waals surface area contributed by atoms with Crippen molar-refractivity contribution in [2.24, 2.45) is 4.99 Å². The van der Waals surface area contributed by atoms with Crippen LogP contribution in [0.4, 0.5) is 0 Å². The summed E-state index contributed by atoms with van der Waals surface area (Å²) in [6.07, 6.45) is 0. The number of ether oxygens (including phenoxy) is 2. The summed E-state index contributed by atoms with van der Waals surface area (Å²) in [5.74, 6) is 0.891. The molecule has 0 spiro atoms. The Hall–Kier alpha value is -0.940. The lowest BCUT2D eigenvalue weighted by Crippen LogP contribution is -2.47. The zero-order valence-corrected chi connectivity index (χ0v) is 20.7. The first-order valence-electron chi connectivity index (χ1n) is 11.0. The largest absolute Gasteiger partial charge is 0.379 e. The van der Waals surface area contributed by atoms with Crippen molar-refractivity contribution in [3.05, 3.63) is 35.9 Å². The number of rotatable bonds is 8. The van der Waals surface area contributed by atoms with Crippen LogP contribution < -0.4 is 10.6 Å². The van der Waals surface area contributed by atoms with Crippen molar-refractivity contribution >= 4 is 29.9 Å². The maximum Gasteiger partial charge on any atom is 0.191 e. The number of aliphatic imine (C=N–C) groups is 1. The number of morpholine rings is 2. The topological polar surface area (TPSA) is 61.4 Å². The molecule has 2 aliphatic heterocycles. The zero-order chi connectivity index (χ0) is 20.3. The Morgan fingerprint density at radius 2 is 1.57 bits per heavy atom. The van der Waals surface area contributed by atoms with Gasteiger partial charge in [-0.1, -0.05) is 30.3 Å². The molecular formula is C22H38IN5O2. The predicted molar refractivity (Wildman–Crippen MR) is 133 cm³/mol. The molecule has 2 unspecified atom stereocenters. The summed E-state index contributed by atoms with van der Waals surface area (Å²) in [6, 6.07) is 11.5. The van der Waals surface area contributed by atoms with Crippen LogP contribution in [0.25, 0.3) is 0 Å². The second-order valence-corrected chi connectivity index (χ2v) is 7.67. The Morgan fingerprint density at radius 3 is 2.17 bits per heavy atom. The Balaban J connectivity index is 0.00000320. The van der Waals surface area contributed by atoms with Gasteiger partial charge in [-0.25, -0.2) is 0 Å². The van der Waals surface area contributed by atoms with E-state index in [0.29, 0.717) is 12.1 Å². The van der Waals surface area contributed by atoms with E-state index in [1.165, 1.54) is 5.56 Å². The highest BCUT2D eigenvalue weighted by atomic mass is 127. The molecule has 2 saturated heterocycles. The van der Waals surface area contributed by atoms with Crippen LogP contribution in [0.15, 0.2) is 35.3 Å². The van der Waals surface area contributed by atoms with Crippen LogP contribution in [-0.2, 0) is 9.47 Å². The van der Waals surface area contributed by atoms with Gasteiger partial charge in [0.15, 0.2) is 5.96 Å². The molecule has 0 aromatic heterocycles. The fraction of sp³-hybridized carbons (Fsp3) is 0.682. The minimum atomic E-state index is 0. The van der Waals surface area contributed by atoms with Gasteiger partial charge in [0.05, 0.1) is 39.0 Å². The molecular weight excluding hydrogens is 493 g/mol. The lowest BCUT2D eigenvalue weighted by Gasteiger charge is -2.35. The van der Waals surface area contributed by atoms with E-state index in [0.717, 1.165) is 78.2 Å². The van der Waals surface area contributed by atoms with Gasteiger partial charge in [0.25, 0.3) is 0 Å². The highest BCUT2D eigenvalue weighted by Crippen LogP contribution is 2.21. The number of hydrogen-bond acceptors (Lipinski definition) is 5. The molecule has 3 rings (SSSR count). The van der Waals surface area contributed by atoms with Crippen LogP contribution in [0.3, 0.4) is 0 Å². The minimum Gasteiger partial charge on any atom is -0.379 e. The molecule has 0 amide bonds. The fourth-order valence-corrected chi connectivity index (χ4v) is 3.91. The van der Waals surface area contributed by atoms with Crippen molar-refractivity contribution in [3.63, 3.8) is 0 Å². The number of benzene rings is 1. The maximum atomic E-state index is 5.56. The van der Waals surface area contributed by atoms with E-state index in [9.17, 15) is 0 Å². The van der Waals surface area contributed by atoms with Crippen LogP contribution in [0.2, 0.25) is 0 Å². The molecule has 8 heteroatoms. The number of nitrogens with zero attached hydrogens (tertiary/aromatic N) is 3. The standard InChI is InChI=1S/C22H37N5O2.HI/c1-3-23-22(24-17-19(2)26-9-13-28-14-10-26)25-18-21(20-7-5-4-6-8-20)27-11-15-29-16-12-27;/h4-8,19,21H,3,9-18H2,1-2H3,(H2,23,24,25);1H. The summed E-state index contributed by atoms with van der Waals surface area (Å²) in [7, 11) is 0. The van der Waals surface area contributed by atoms with Crippen LogP contribution in [0.5, 0.6) is 0 Å². The molecule has 2 heterocycles. The average molecular weight is 531 g/mol. The van der Waals surface area contributed by atoms with Crippen molar-refractivity contribution in [1.29, 1.82) is 0 Å². The Morgan fingerprint density at radius 1 is 0.967 bits per heavy atom. The zero-order valence-electron chi connectivity index (χ0n) is 18.4. The molecule has 2 fully saturated rings. The van der Waals surface area contributed by atoms with Crippen LogP contribution in [0.1, 0.15) is 25.5 Å². The van der Waals surface area contributed by atoms with Gasteiger partial charge < -0.3 is 20.1 Å². The number of guanidine groups is 1. The van der Waals surface area contributed by atoms with Crippen molar-refractivity contribution in [2.45, 2.75) is 25.9 Å². The molecule has 1 aromatic rings. The van der Waals surface area contributed by atoms with Gasteiger partial charge in [0.2, 0.25) is 0 Å². The number of halogens is 1. The van der Waals surface area contributed by atoms with Gasteiger partial charge in [0, 0.05) is 45.3 Å². The minimum absolute atomic E-state index is 0. The molecule has 1 aromatic carbocycles. The summed E-state index contributed by atoms with van der Waals surface area (Å²) >= 11 is 0. The molecule has 7 nitrogen and oxygen atoms in total. The van der Waals surface area contributed by atoms with E-state index in [2.05, 4.69) is 64.6 Å². The van der Waals surface area contributed by atoms with Gasteiger partial charge >= 0.3 is 0 Å². The third-order valence-electron chi connectivity index (χ3n) is 5.66. The van der Waals surface area contributed by atoms with Crippen LogP contribution in [-0.4, -0.2) is 94.0 Å². The molecule has 30 heavy (non-hydrogen) atoms. The van der Waals surface area contributed by atoms with E-state index >= 15 is 0 Å². The third-order valence-corrected chi connectivity index (χ3v) is 5.66. The van der Waals surface area contributed by atoms with Gasteiger partial charge in [-0.3, -0.25) is 14.8 Å². The van der Waals surface area contributed by atoms with E-state index in [4.69, 9.17) is 14.5 Å². The molecule has 2 aliphatic rings. The van der Waals surface area contributed by atoms with Crippen LogP contribution >= 0.6 is 24.0 Å². The maximum absolute atomic E-state index is 5.56. The van der Waals surface area contributed by atoms with Crippen molar-refractivity contribution < 1.29 is 9.47 Å².